The first-order valence-electron chi connectivity index (χ1n) is 7.85. The van der Waals surface area contributed by atoms with Gasteiger partial charge in [0.05, 0.1) is 5.56 Å². The number of benzene rings is 2. The number of carbonyl (C=O) groups is 2. The summed E-state index contributed by atoms with van der Waals surface area (Å²) >= 11 is 11.8. The van der Waals surface area contributed by atoms with E-state index in [1.807, 2.05) is 0 Å². The van der Waals surface area contributed by atoms with Crippen molar-refractivity contribution in [3.05, 3.63) is 69.2 Å². The summed E-state index contributed by atoms with van der Waals surface area (Å²) in [5.41, 5.74) is 0.0462. The number of hydrogen-bond acceptors (Lipinski definition) is 2. The number of rotatable bonds is 2. The molecule has 1 saturated heterocycles. The quantitative estimate of drug-likeness (QED) is 0.770. The minimum atomic E-state index is -0.775. The highest BCUT2D eigenvalue weighted by molar-refractivity contribution is 6.35. The number of halogens is 4. The van der Waals surface area contributed by atoms with Crippen molar-refractivity contribution in [3.63, 3.8) is 0 Å². The SMILES string of the molecule is O=C(c1cc(Cl)cc(Cl)c1)N1CCN(C(=O)c2cc(F)ccc2F)CC1. The number of hydrogen-bond donors (Lipinski definition) is 0. The molecule has 0 unspecified atom stereocenters. The van der Waals surface area contributed by atoms with Crippen LogP contribution in [0.3, 0.4) is 0 Å². The summed E-state index contributed by atoms with van der Waals surface area (Å²) in [5, 5.41) is 0.715. The predicted octanol–water partition coefficient (Wildman–Crippen LogP) is 3.87. The van der Waals surface area contributed by atoms with Gasteiger partial charge < -0.3 is 9.80 Å². The van der Waals surface area contributed by atoms with Crippen LogP contribution in [0.1, 0.15) is 20.7 Å². The zero-order valence-electron chi connectivity index (χ0n) is 13.5. The summed E-state index contributed by atoms with van der Waals surface area (Å²) in [4.78, 5) is 27.9. The van der Waals surface area contributed by atoms with Gasteiger partial charge in [0, 0.05) is 41.8 Å². The molecule has 136 valence electrons. The molecule has 0 spiro atoms. The lowest BCUT2D eigenvalue weighted by Gasteiger charge is -2.35. The minimum absolute atomic E-state index is 0.217. The van der Waals surface area contributed by atoms with E-state index in [4.69, 9.17) is 23.2 Å². The molecule has 0 radical (unpaired) electrons. The van der Waals surface area contributed by atoms with E-state index in [-0.39, 0.29) is 37.6 Å². The molecule has 26 heavy (non-hydrogen) atoms. The van der Waals surface area contributed by atoms with Crippen LogP contribution in [0.2, 0.25) is 10.0 Å². The van der Waals surface area contributed by atoms with Gasteiger partial charge in [-0.25, -0.2) is 8.78 Å². The van der Waals surface area contributed by atoms with Crippen LogP contribution in [0.4, 0.5) is 8.78 Å². The van der Waals surface area contributed by atoms with Gasteiger partial charge in [-0.1, -0.05) is 23.2 Å². The van der Waals surface area contributed by atoms with E-state index in [0.29, 0.717) is 15.6 Å². The van der Waals surface area contributed by atoms with Gasteiger partial charge >= 0.3 is 0 Å². The highest BCUT2D eigenvalue weighted by atomic mass is 35.5. The average molecular weight is 399 g/mol. The molecular formula is C18H14Cl2F2N2O2. The first-order valence-corrected chi connectivity index (χ1v) is 8.60. The molecule has 0 aromatic heterocycles. The second-order valence-electron chi connectivity index (χ2n) is 5.87. The molecule has 0 aliphatic carbocycles. The van der Waals surface area contributed by atoms with Crippen LogP contribution < -0.4 is 0 Å². The molecule has 1 aliphatic rings. The Balaban J connectivity index is 1.68. The maximum atomic E-state index is 13.8. The third kappa shape index (κ3) is 3.97. The lowest BCUT2D eigenvalue weighted by Crippen LogP contribution is -2.50. The van der Waals surface area contributed by atoms with E-state index in [9.17, 15) is 18.4 Å². The van der Waals surface area contributed by atoms with E-state index >= 15 is 0 Å². The molecule has 1 fully saturated rings. The van der Waals surface area contributed by atoms with Crippen LogP contribution in [-0.2, 0) is 0 Å². The van der Waals surface area contributed by atoms with E-state index in [2.05, 4.69) is 0 Å². The fourth-order valence-electron chi connectivity index (χ4n) is 2.80. The van der Waals surface area contributed by atoms with Crippen molar-refractivity contribution in [2.45, 2.75) is 0 Å². The van der Waals surface area contributed by atoms with Gasteiger partial charge in [-0.3, -0.25) is 9.59 Å². The first-order chi connectivity index (χ1) is 12.3. The van der Waals surface area contributed by atoms with Gasteiger partial charge in [-0.2, -0.15) is 0 Å². The van der Waals surface area contributed by atoms with Crippen molar-refractivity contribution in [2.75, 3.05) is 26.2 Å². The first kappa shape index (κ1) is 18.6. The summed E-state index contributed by atoms with van der Waals surface area (Å²) in [7, 11) is 0. The average Bonchev–Trinajstić information content (AvgIpc) is 2.62. The Morgan fingerprint density at radius 1 is 0.808 bits per heavy atom. The lowest BCUT2D eigenvalue weighted by molar-refractivity contribution is 0.0532. The van der Waals surface area contributed by atoms with Gasteiger partial charge in [-0.05, 0) is 36.4 Å². The highest BCUT2D eigenvalue weighted by Gasteiger charge is 2.27. The normalized spacial score (nSPS) is 14.5. The standard InChI is InChI=1S/C18H14Cl2F2N2O2/c19-12-7-11(8-13(20)9-12)17(25)23-3-5-24(6-4-23)18(26)15-10-14(21)1-2-16(15)22/h1-2,7-10H,3-6H2. The van der Waals surface area contributed by atoms with Crippen molar-refractivity contribution in [1.82, 2.24) is 9.80 Å². The van der Waals surface area contributed by atoms with Crippen molar-refractivity contribution in [2.24, 2.45) is 0 Å². The third-order valence-electron chi connectivity index (χ3n) is 4.12. The fraction of sp³-hybridized carbons (Fsp3) is 0.222. The molecule has 0 N–H and O–H groups in total. The topological polar surface area (TPSA) is 40.6 Å². The van der Waals surface area contributed by atoms with E-state index < -0.39 is 17.5 Å². The van der Waals surface area contributed by atoms with Gasteiger partial charge in [0.1, 0.15) is 11.6 Å². The Labute approximate surface area is 158 Å². The lowest BCUT2D eigenvalue weighted by atomic mass is 10.1. The van der Waals surface area contributed by atoms with Crippen LogP contribution in [-0.4, -0.2) is 47.8 Å². The summed E-state index contributed by atoms with van der Waals surface area (Å²) in [6.45, 7) is 0.973. The fourth-order valence-corrected chi connectivity index (χ4v) is 3.33. The van der Waals surface area contributed by atoms with E-state index in [1.54, 1.807) is 4.90 Å². The highest BCUT2D eigenvalue weighted by Crippen LogP contribution is 2.21. The number of amides is 2. The third-order valence-corrected chi connectivity index (χ3v) is 4.56. The number of carbonyl (C=O) groups excluding carboxylic acids is 2. The Morgan fingerprint density at radius 3 is 1.92 bits per heavy atom. The van der Waals surface area contributed by atoms with Gasteiger partial charge in [0.2, 0.25) is 0 Å². The minimum Gasteiger partial charge on any atom is -0.335 e. The Kier molecular flexibility index (Phi) is 5.44. The number of nitrogens with zero attached hydrogens (tertiary/aromatic N) is 2. The van der Waals surface area contributed by atoms with Crippen molar-refractivity contribution in [1.29, 1.82) is 0 Å². The zero-order valence-corrected chi connectivity index (χ0v) is 15.0. The van der Waals surface area contributed by atoms with Crippen LogP contribution in [0.25, 0.3) is 0 Å². The second-order valence-corrected chi connectivity index (χ2v) is 6.74. The smallest absolute Gasteiger partial charge is 0.257 e. The maximum Gasteiger partial charge on any atom is 0.257 e. The van der Waals surface area contributed by atoms with Crippen LogP contribution in [0, 0.1) is 11.6 Å². The molecule has 3 rings (SSSR count). The molecule has 8 heteroatoms. The van der Waals surface area contributed by atoms with E-state index in [0.717, 1.165) is 18.2 Å². The van der Waals surface area contributed by atoms with Crippen LogP contribution in [0.15, 0.2) is 36.4 Å². The summed E-state index contributed by atoms with van der Waals surface area (Å²) in [5.74, 6) is -2.30. The molecule has 1 aliphatic heterocycles. The van der Waals surface area contributed by atoms with Crippen molar-refractivity contribution >= 4 is 35.0 Å². The van der Waals surface area contributed by atoms with Crippen LogP contribution in [0.5, 0.6) is 0 Å². The van der Waals surface area contributed by atoms with Gasteiger partial charge in [0.15, 0.2) is 0 Å². The molecular weight excluding hydrogens is 385 g/mol. The van der Waals surface area contributed by atoms with Crippen molar-refractivity contribution in [3.8, 4) is 0 Å². The molecule has 2 aromatic rings. The zero-order chi connectivity index (χ0) is 18.8. The molecule has 0 bridgehead atoms. The molecule has 0 atom stereocenters. The molecule has 2 aromatic carbocycles. The Bertz CT molecular complexity index is 848. The number of piperazine rings is 1. The predicted molar refractivity (Wildman–Crippen MR) is 94.6 cm³/mol. The van der Waals surface area contributed by atoms with E-state index in [1.165, 1.54) is 23.1 Å². The van der Waals surface area contributed by atoms with Gasteiger partial charge in [0.25, 0.3) is 11.8 Å². The Morgan fingerprint density at radius 2 is 1.35 bits per heavy atom. The Hall–Kier alpha value is -2.18. The molecule has 1 heterocycles. The molecule has 2 amide bonds. The van der Waals surface area contributed by atoms with Gasteiger partial charge in [-0.15, -0.1) is 0 Å². The van der Waals surface area contributed by atoms with Crippen LogP contribution >= 0.6 is 23.2 Å². The molecule has 4 nitrogen and oxygen atoms in total. The summed E-state index contributed by atoms with van der Waals surface area (Å²) in [6, 6.07) is 7.34. The maximum absolute atomic E-state index is 13.8. The summed E-state index contributed by atoms with van der Waals surface area (Å²) in [6.07, 6.45) is 0. The second kappa shape index (κ2) is 7.60. The largest absolute Gasteiger partial charge is 0.335 e. The molecule has 0 saturated carbocycles. The summed E-state index contributed by atoms with van der Waals surface area (Å²) < 4.78 is 27.1. The van der Waals surface area contributed by atoms with Crippen molar-refractivity contribution < 1.29 is 18.4 Å². The monoisotopic (exact) mass is 398 g/mol.